The van der Waals surface area contributed by atoms with E-state index >= 15 is 0 Å². The van der Waals surface area contributed by atoms with E-state index in [0.29, 0.717) is 0 Å². The zero-order chi connectivity index (χ0) is 5.41. The first-order valence-corrected chi connectivity index (χ1v) is 2.09. The lowest BCUT2D eigenvalue weighted by Crippen LogP contribution is -1.74. The van der Waals surface area contributed by atoms with Crippen molar-refractivity contribution in [2.75, 3.05) is 0 Å². The molecule has 0 aromatic carbocycles. The molecule has 2 nitrogen and oxygen atoms in total. The standard InChI is InChI=1S/C2H6N2.C2H6.H2/c1-2-4-3;1-2;/h2H,3H2,1H3;1-2H3;1H/b4-2-;;. The predicted molar refractivity (Wildman–Crippen MR) is 31.8 cm³/mol. The summed E-state index contributed by atoms with van der Waals surface area (Å²) in [6.45, 7) is 5.76. The van der Waals surface area contributed by atoms with Gasteiger partial charge in [0.05, 0.1) is 0 Å². The van der Waals surface area contributed by atoms with Crippen LogP contribution in [-0.2, 0) is 0 Å². The van der Waals surface area contributed by atoms with E-state index < -0.39 is 0 Å². The van der Waals surface area contributed by atoms with Crippen LogP contribution in [0.4, 0.5) is 0 Å². The van der Waals surface area contributed by atoms with E-state index in [9.17, 15) is 0 Å². The van der Waals surface area contributed by atoms with Gasteiger partial charge in [-0.1, -0.05) is 13.8 Å². The van der Waals surface area contributed by atoms with E-state index in [1.54, 1.807) is 6.92 Å². The van der Waals surface area contributed by atoms with Crippen molar-refractivity contribution in [3.05, 3.63) is 0 Å². The molecule has 2 heteroatoms. The average molecular weight is 90.2 g/mol. The Morgan fingerprint density at radius 1 is 1.67 bits per heavy atom. The van der Waals surface area contributed by atoms with Crippen LogP contribution < -0.4 is 5.84 Å². The third kappa shape index (κ3) is 95.8. The molecule has 0 unspecified atom stereocenters. The van der Waals surface area contributed by atoms with E-state index in [4.69, 9.17) is 0 Å². The maximum atomic E-state index is 4.60. The molecule has 0 atom stereocenters. The number of nitrogens with zero attached hydrogens (tertiary/aromatic N) is 1. The van der Waals surface area contributed by atoms with Gasteiger partial charge in [-0.05, 0) is 6.92 Å². The molecule has 0 bridgehead atoms. The maximum Gasteiger partial charge on any atom is 0.0209 e. The van der Waals surface area contributed by atoms with Gasteiger partial charge in [0.25, 0.3) is 0 Å². The lowest BCUT2D eigenvalue weighted by atomic mass is 10.9. The van der Waals surface area contributed by atoms with E-state index in [2.05, 4.69) is 10.9 Å². The first-order valence-electron chi connectivity index (χ1n) is 2.09. The molecule has 0 saturated carbocycles. The molecule has 40 valence electrons. The summed E-state index contributed by atoms with van der Waals surface area (Å²) in [5.41, 5.74) is 0. The molecule has 0 amide bonds. The molecule has 0 aromatic heterocycles. The summed E-state index contributed by atoms with van der Waals surface area (Å²) in [5.74, 6) is 4.60. The van der Waals surface area contributed by atoms with E-state index in [1.165, 1.54) is 6.21 Å². The van der Waals surface area contributed by atoms with Gasteiger partial charge < -0.3 is 5.84 Å². The molecular weight excluding hydrogens is 76.1 g/mol. The van der Waals surface area contributed by atoms with Crippen molar-refractivity contribution in [2.24, 2.45) is 10.9 Å². The summed E-state index contributed by atoms with van der Waals surface area (Å²) in [6, 6.07) is 0. The SMILES string of the molecule is C/C=N\N.CC.[HH]. The molecule has 0 aliphatic rings. The lowest BCUT2D eigenvalue weighted by Gasteiger charge is -1.55. The minimum Gasteiger partial charge on any atom is -0.324 e. The monoisotopic (exact) mass is 90.1 g/mol. The van der Waals surface area contributed by atoms with E-state index in [-0.39, 0.29) is 1.43 Å². The zero-order valence-corrected chi connectivity index (χ0v) is 4.60. The van der Waals surface area contributed by atoms with Crippen molar-refractivity contribution in [1.29, 1.82) is 0 Å². The van der Waals surface area contributed by atoms with Crippen LogP contribution in [0, 0.1) is 0 Å². The third-order valence-electron chi connectivity index (χ3n) is 0.149. The van der Waals surface area contributed by atoms with Gasteiger partial charge in [0.1, 0.15) is 0 Å². The quantitative estimate of drug-likeness (QED) is 0.271. The number of hydrogen-bond donors (Lipinski definition) is 1. The Labute approximate surface area is 40.5 Å². The molecule has 0 spiro atoms. The number of hydrazone groups is 1. The Kier molecular flexibility index (Phi) is 37.7. The Morgan fingerprint density at radius 2 is 1.83 bits per heavy atom. The van der Waals surface area contributed by atoms with Gasteiger partial charge in [-0.25, -0.2) is 0 Å². The summed E-state index contributed by atoms with van der Waals surface area (Å²) in [5, 5.41) is 3.11. The first-order chi connectivity index (χ1) is 2.91. The zero-order valence-electron chi connectivity index (χ0n) is 4.60. The topological polar surface area (TPSA) is 38.4 Å². The second kappa shape index (κ2) is 24.9. The van der Waals surface area contributed by atoms with Crippen LogP contribution in [0.15, 0.2) is 5.10 Å². The molecule has 0 saturated heterocycles. The fourth-order valence-corrected chi connectivity index (χ4v) is 0. The smallest absolute Gasteiger partial charge is 0.0209 e. The predicted octanol–water partition coefficient (Wildman–Crippen LogP) is 1.22. The first kappa shape index (κ1) is 9.08. The van der Waals surface area contributed by atoms with Crippen LogP contribution in [-0.4, -0.2) is 6.21 Å². The second-order valence-corrected chi connectivity index (χ2v) is 0.407. The normalized spacial score (nSPS) is 7.17. The fourth-order valence-electron chi connectivity index (χ4n) is 0. The molecule has 0 aliphatic carbocycles. The molecule has 0 rings (SSSR count). The summed E-state index contributed by atoms with van der Waals surface area (Å²) in [7, 11) is 0. The number of hydrogen-bond acceptors (Lipinski definition) is 2. The highest BCUT2D eigenvalue weighted by atomic mass is 15.1. The summed E-state index contributed by atoms with van der Waals surface area (Å²) in [6.07, 6.45) is 1.53. The lowest BCUT2D eigenvalue weighted by molar-refractivity contribution is 1.26. The Hall–Kier alpha value is -0.530. The molecule has 0 radical (unpaired) electrons. The van der Waals surface area contributed by atoms with Crippen molar-refractivity contribution >= 4 is 6.21 Å². The Balaban J connectivity index is -0.0000000480. The molecule has 0 aliphatic heterocycles. The highest BCUT2D eigenvalue weighted by Gasteiger charge is 1.32. The highest BCUT2D eigenvalue weighted by Crippen LogP contribution is 1.31. The van der Waals surface area contributed by atoms with Gasteiger partial charge in [0.2, 0.25) is 0 Å². The van der Waals surface area contributed by atoms with Crippen molar-refractivity contribution < 1.29 is 1.43 Å². The van der Waals surface area contributed by atoms with Crippen LogP contribution in [0.25, 0.3) is 0 Å². The minimum atomic E-state index is 0. The molecule has 0 aromatic rings. The molecule has 6 heavy (non-hydrogen) atoms. The van der Waals surface area contributed by atoms with Crippen molar-refractivity contribution in [1.82, 2.24) is 0 Å². The summed E-state index contributed by atoms with van der Waals surface area (Å²) >= 11 is 0. The van der Waals surface area contributed by atoms with Gasteiger partial charge >= 0.3 is 0 Å². The average Bonchev–Trinajstić information content (AvgIpc) is 1.72. The molecule has 0 fully saturated rings. The van der Waals surface area contributed by atoms with Crippen LogP contribution in [0.1, 0.15) is 22.2 Å². The van der Waals surface area contributed by atoms with Crippen molar-refractivity contribution in [3.8, 4) is 0 Å². The van der Waals surface area contributed by atoms with Crippen molar-refractivity contribution in [2.45, 2.75) is 20.8 Å². The van der Waals surface area contributed by atoms with Crippen LogP contribution in [0.5, 0.6) is 0 Å². The van der Waals surface area contributed by atoms with Crippen LogP contribution in [0.2, 0.25) is 0 Å². The third-order valence-corrected chi connectivity index (χ3v) is 0.149. The summed E-state index contributed by atoms with van der Waals surface area (Å²) < 4.78 is 0. The number of nitrogens with two attached hydrogens (primary N) is 1. The Bertz CT molecular complexity index is 24.9. The maximum absolute atomic E-state index is 4.60. The van der Waals surface area contributed by atoms with E-state index in [0.717, 1.165) is 0 Å². The fraction of sp³-hybridized carbons (Fsp3) is 0.750. The highest BCUT2D eigenvalue weighted by molar-refractivity contribution is 5.52. The van der Waals surface area contributed by atoms with Crippen molar-refractivity contribution in [3.63, 3.8) is 0 Å². The molecule has 0 heterocycles. The van der Waals surface area contributed by atoms with Gasteiger partial charge in [0, 0.05) is 7.64 Å². The minimum absolute atomic E-state index is 0. The molecule has 2 N–H and O–H groups in total. The van der Waals surface area contributed by atoms with E-state index in [1.807, 2.05) is 13.8 Å². The largest absolute Gasteiger partial charge is 0.324 e. The molecular formula is C4H14N2. The van der Waals surface area contributed by atoms with Crippen LogP contribution >= 0.6 is 0 Å². The van der Waals surface area contributed by atoms with Gasteiger partial charge in [0.15, 0.2) is 0 Å². The van der Waals surface area contributed by atoms with Gasteiger partial charge in [-0.15, -0.1) is 0 Å². The van der Waals surface area contributed by atoms with Crippen LogP contribution in [0.3, 0.4) is 0 Å². The Morgan fingerprint density at radius 3 is 1.83 bits per heavy atom. The van der Waals surface area contributed by atoms with Gasteiger partial charge in [-0.2, -0.15) is 5.10 Å². The summed E-state index contributed by atoms with van der Waals surface area (Å²) in [4.78, 5) is 0. The van der Waals surface area contributed by atoms with Gasteiger partial charge in [-0.3, -0.25) is 0 Å². The number of rotatable bonds is 0. The second-order valence-electron chi connectivity index (χ2n) is 0.407.